The molecular weight excluding hydrogens is 346 g/mol. The molecule has 5 nitrogen and oxygen atoms in total. The van der Waals surface area contributed by atoms with E-state index in [-0.39, 0.29) is 5.97 Å². The van der Waals surface area contributed by atoms with Crippen molar-refractivity contribution >= 4 is 27.3 Å². The summed E-state index contributed by atoms with van der Waals surface area (Å²) in [5.41, 5.74) is 2.08. The van der Waals surface area contributed by atoms with Gasteiger partial charge in [-0.3, -0.25) is 4.79 Å². The monoisotopic (exact) mass is 363 g/mol. The van der Waals surface area contributed by atoms with E-state index in [4.69, 9.17) is 4.74 Å². The Morgan fingerprint density at radius 1 is 1.12 bits per heavy atom. The Kier molecular flexibility index (Phi) is 3.94. The fourth-order valence-electron chi connectivity index (χ4n) is 3.53. The standard InChI is InChI=1S/C17H17NO4S2/c19-15-8-7-14(22-15)17-13-5-2-1-4-12(13)9-10-18(17)24(20,21)16-6-3-11-23-16/h1-6,11,14,17H,7-10H2/t14-,17-/m1/s1. The molecule has 1 aromatic carbocycles. The van der Waals surface area contributed by atoms with Crippen molar-refractivity contribution in [2.45, 2.75) is 35.6 Å². The van der Waals surface area contributed by atoms with E-state index in [1.54, 1.807) is 17.5 Å². The number of fused-ring (bicyclic) bond motifs is 1. The summed E-state index contributed by atoms with van der Waals surface area (Å²) in [7, 11) is -3.60. The maximum atomic E-state index is 13.1. The van der Waals surface area contributed by atoms with Crippen LogP contribution in [-0.4, -0.2) is 31.3 Å². The molecule has 2 atom stereocenters. The molecule has 3 heterocycles. The van der Waals surface area contributed by atoms with Crippen LogP contribution in [0.3, 0.4) is 0 Å². The van der Waals surface area contributed by atoms with Crippen LogP contribution in [0.15, 0.2) is 46.0 Å². The number of nitrogens with zero attached hydrogens (tertiary/aromatic N) is 1. The summed E-state index contributed by atoms with van der Waals surface area (Å²) >= 11 is 1.21. The zero-order chi connectivity index (χ0) is 16.7. The zero-order valence-corrected chi connectivity index (χ0v) is 14.6. The van der Waals surface area contributed by atoms with Gasteiger partial charge in [0.25, 0.3) is 10.0 Å². The van der Waals surface area contributed by atoms with Gasteiger partial charge < -0.3 is 4.74 Å². The molecule has 0 amide bonds. The Hall–Kier alpha value is -1.70. The number of carbonyl (C=O) groups excluding carboxylic acids is 1. The van der Waals surface area contributed by atoms with Crippen molar-refractivity contribution in [2.24, 2.45) is 0 Å². The fraction of sp³-hybridized carbons (Fsp3) is 0.353. The van der Waals surface area contributed by atoms with E-state index < -0.39 is 22.2 Å². The van der Waals surface area contributed by atoms with Gasteiger partial charge in [-0.2, -0.15) is 4.31 Å². The van der Waals surface area contributed by atoms with E-state index >= 15 is 0 Å². The first-order chi connectivity index (χ1) is 11.6. The average Bonchev–Trinajstić information content (AvgIpc) is 3.25. The second-order valence-electron chi connectivity index (χ2n) is 6.01. The lowest BCUT2D eigenvalue weighted by Gasteiger charge is -2.38. The number of ether oxygens (including phenoxy) is 1. The molecule has 24 heavy (non-hydrogen) atoms. The molecule has 0 N–H and O–H groups in total. The molecule has 1 saturated heterocycles. The first-order valence-electron chi connectivity index (χ1n) is 7.90. The smallest absolute Gasteiger partial charge is 0.306 e. The SMILES string of the molecule is O=C1CC[C@H]([C@H]2c3ccccc3CCN2S(=O)(=O)c2cccs2)O1. The Morgan fingerprint density at radius 2 is 1.96 bits per heavy atom. The molecule has 1 fully saturated rings. The molecule has 2 aliphatic rings. The second kappa shape index (κ2) is 5.98. The number of cyclic esters (lactones) is 1. The van der Waals surface area contributed by atoms with Crippen molar-refractivity contribution in [1.29, 1.82) is 0 Å². The van der Waals surface area contributed by atoms with Gasteiger partial charge in [-0.15, -0.1) is 11.3 Å². The van der Waals surface area contributed by atoms with Crippen molar-refractivity contribution in [3.63, 3.8) is 0 Å². The number of sulfonamides is 1. The van der Waals surface area contributed by atoms with Gasteiger partial charge in [0.05, 0.1) is 6.04 Å². The molecule has 0 aliphatic carbocycles. The van der Waals surface area contributed by atoms with Crippen molar-refractivity contribution in [2.75, 3.05) is 6.54 Å². The second-order valence-corrected chi connectivity index (χ2v) is 9.07. The third-order valence-corrected chi connectivity index (χ3v) is 7.87. The summed E-state index contributed by atoms with van der Waals surface area (Å²) in [6, 6.07) is 10.7. The number of thiophene rings is 1. The van der Waals surface area contributed by atoms with Crippen LogP contribution in [0.4, 0.5) is 0 Å². The molecule has 1 aromatic heterocycles. The summed E-state index contributed by atoms with van der Waals surface area (Å²) < 4.78 is 33.5. The van der Waals surface area contributed by atoms with Crippen molar-refractivity contribution in [1.82, 2.24) is 4.31 Å². The topological polar surface area (TPSA) is 63.7 Å². The van der Waals surface area contributed by atoms with E-state index in [1.807, 2.05) is 24.3 Å². The van der Waals surface area contributed by atoms with Crippen LogP contribution in [0.5, 0.6) is 0 Å². The molecule has 0 saturated carbocycles. The van der Waals surface area contributed by atoms with Crippen LogP contribution in [0, 0.1) is 0 Å². The minimum absolute atomic E-state index is 0.253. The number of benzene rings is 1. The molecule has 2 aromatic rings. The predicted molar refractivity (Wildman–Crippen MR) is 90.2 cm³/mol. The highest BCUT2D eigenvalue weighted by Gasteiger charge is 2.44. The molecule has 7 heteroatoms. The summed E-state index contributed by atoms with van der Waals surface area (Å²) in [6.07, 6.45) is 1.14. The van der Waals surface area contributed by atoms with E-state index in [2.05, 4.69) is 0 Å². The van der Waals surface area contributed by atoms with Gasteiger partial charge in [0.1, 0.15) is 10.3 Å². The Bertz CT molecular complexity index is 860. The minimum Gasteiger partial charge on any atom is -0.460 e. The van der Waals surface area contributed by atoms with Gasteiger partial charge in [0.15, 0.2) is 0 Å². The maximum Gasteiger partial charge on any atom is 0.306 e. The molecule has 2 aliphatic heterocycles. The molecule has 126 valence electrons. The van der Waals surface area contributed by atoms with Crippen molar-refractivity contribution in [3.8, 4) is 0 Å². The lowest BCUT2D eigenvalue weighted by atomic mass is 9.90. The van der Waals surface area contributed by atoms with Crippen LogP contribution < -0.4 is 0 Å². The van der Waals surface area contributed by atoms with E-state index in [0.717, 1.165) is 11.1 Å². The van der Waals surface area contributed by atoms with E-state index in [9.17, 15) is 13.2 Å². The Balaban J connectivity index is 1.80. The molecule has 4 rings (SSSR count). The highest BCUT2D eigenvalue weighted by molar-refractivity contribution is 7.91. The van der Waals surface area contributed by atoms with Crippen LogP contribution in [-0.2, 0) is 26.0 Å². The van der Waals surface area contributed by atoms with Gasteiger partial charge in [0, 0.05) is 13.0 Å². The van der Waals surface area contributed by atoms with Crippen LogP contribution >= 0.6 is 11.3 Å². The summed E-state index contributed by atoms with van der Waals surface area (Å²) in [5.74, 6) is -0.253. The number of hydrogen-bond acceptors (Lipinski definition) is 5. The fourth-order valence-corrected chi connectivity index (χ4v) is 6.28. The predicted octanol–water partition coefficient (Wildman–Crippen LogP) is 2.74. The molecule has 0 bridgehead atoms. The van der Waals surface area contributed by atoms with Crippen molar-refractivity contribution in [3.05, 3.63) is 52.9 Å². The quantitative estimate of drug-likeness (QED) is 0.787. The number of carbonyl (C=O) groups is 1. The highest BCUT2D eigenvalue weighted by Crippen LogP contribution is 2.40. The Labute approximate surface area is 144 Å². The number of esters is 1. The lowest BCUT2D eigenvalue weighted by Crippen LogP contribution is -2.44. The highest BCUT2D eigenvalue weighted by atomic mass is 32.2. The van der Waals surface area contributed by atoms with Gasteiger partial charge in [-0.25, -0.2) is 8.42 Å². The largest absolute Gasteiger partial charge is 0.460 e. The van der Waals surface area contributed by atoms with E-state index in [0.29, 0.717) is 30.0 Å². The average molecular weight is 363 g/mol. The van der Waals surface area contributed by atoms with Gasteiger partial charge >= 0.3 is 5.97 Å². The first-order valence-corrected chi connectivity index (χ1v) is 10.2. The summed E-state index contributed by atoms with van der Waals surface area (Å²) in [5, 5.41) is 1.76. The van der Waals surface area contributed by atoms with Gasteiger partial charge in [-0.05, 0) is 35.4 Å². The minimum atomic E-state index is -3.60. The summed E-state index contributed by atoms with van der Waals surface area (Å²) in [4.78, 5) is 11.6. The van der Waals surface area contributed by atoms with Gasteiger partial charge in [-0.1, -0.05) is 30.3 Å². The maximum absolute atomic E-state index is 13.1. The number of hydrogen-bond donors (Lipinski definition) is 0. The third kappa shape index (κ3) is 2.56. The lowest BCUT2D eigenvalue weighted by molar-refractivity contribution is -0.143. The molecular formula is C17H17NO4S2. The molecule has 0 unspecified atom stereocenters. The first kappa shape index (κ1) is 15.8. The van der Waals surface area contributed by atoms with Crippen molar-refractivity contribution < 1.29 is 17.9 Å². The Morgan fingerprint density at radius 3 is 2.67 bits per heavy atom. The molecule has 0 spiro atoms. The normalized spacial score (nSPS) is 24.6. The van der Waals surface area contributed by atoms with Gasteiger partial charge in [0.2, 0.25) is 0 Å². The van der Waals surface area contributed by atoms with Crippen LogP contribution in [0.2, 0.25) is 0 Å². The van der Waals surface area contributed by atoms with Crippen LogP contribution in [0.1, 0.15) is 30.0 Å². The third-order valence-electron chi connectivity index (χ3n) is 4.61. The number of rotatable bonds is 3. The zero-order valence-electron chi connectivity index (χ0n) is 12.9. The van der Waals surface area contributed by atoms with E-state index in [1.165, 1.54) is 15.6 Å². The molecule has 0 radical (unpaired) electrons. The van der Waals surface area contributed by atoms with Crippen LogP contribution in [0.25, 0.3) is 0 Å². The summed E-state index contributed by atoms with van der Waals surface area (Å²) in [6.45, 7) is 0.399.